The molecule has 0 atom stereocenters. The minimum absolute atomic E-state index is 0.164. The predicted molar refractivity (Wildman–Crippen MR) is 86.2 cm³/mol. The number of aromatic nitrogens is 3. The van der Waals surface area contributed by atoms with E-state index in [0.29, 0.717) is 16.1 Å². The van der Waals surface area contributed by atoms with Crippen molar-refractivity contribution in [2.24, 2.45) is 0 Å². The Morgan fingerprint density at radius 1 is 1.04 bits per heavy atom. The lowest BCUT2D eigenvalue weighted by Gasteiger charge is -2.12. The zero-order valence-corrected chi connectivity index (χ0v) is 13.1. The topological polar surface area (TPSA) is 30.7 Å². The summed E-state index contributed by atoms with van der Waals surface area (Å²) in [5.74, 6) is -1.10. The number of rotatable bonds is 3. The molecule has 0 unspecified atom stereocenters. The van der Waals surface area contributed by atoms with Crippen LogP contribution in [0.4, 0.5) is 8.78 Å². The molecule has 3 nitrogen and oxygen atoms in total. The molecule has 7 heteroatoms. The second-order valence-electron chi connectivity index (χ2n) is 4.64. The molecule has 1 aromatic heterocycles. The molecule has 0 aliphatic heterocycles. The maximum Gasteiger partial charge on any atom is 0.224 e. The van der Waals surface area contributed by atoms with E-state index in [1.54, 1.807) is 12.1 Å². The van der Waals surface area contributed by atoms with Crippen molar-refractivity contribution in [1.29, 1.82) is 0 Å². The number of hydrogen-bond acceptors (Lipinski definition) is 2. The standard InChI is InChI=1S/C16H9Cl2F2N3/c17-11-3-6-13(14(18)7-11)15(10-1-4-12(19)5-2-10)16(20)23-9-21-8-22-23/h1-9H. The molecular weight excluding hydrogens is 343 g/mol. The lowest BCUT2D eigenvalue weighted by atomic mass is 9.98. The second kappa shape index (κ2) is 6.48. The zero-order valence-electron chi connectivity index (χ0n) is 11.5. The van der Waals surface area contributed by atoms with Crippen LogP contribution in [0.3, 0.4) is 0 Å². The largest absolute Gasteiger partial charge is 0.224 e. The molecule has 0 amide bonds. The maximum absolute atomic E-state index is 14.9. The summed E-state index contributed by atoms with van der Waals surface area (Å²) >= 11 is 12.1. The van der Waals surface area contributed by atoms with Gasteiger partial charge in [0.25, 0.3) is 0 Å². The molecule has 0 radical (unpaired) electrons. The highest BCUT2D eigenvalue weighted by molar-refractivity contribution is 6.36. The molecule has 0 saturated heterocycles. The van der Waals surface area contributed by atoms with Crippen LogP contribution in [0.2, 0.25) is 10.0 Å². The summed E-state index contributed by atoms with van der Waals surface area (Å²) in [6.45, 7) is 0. The Morgan fingerprint density at radius 3 is 2.39 bits per heavy atom. The maximum atomic E-state index is 14.9. The third kappa shape index (κ3) is 3.25. The van der Waals surface area contributed by atoms with Gasteiger partial charge in [-0.25, -0.2) is 9.37 Å². The van der Waals surface area contributed by atoms with E-state index in [1.165, 1.54) is 43.0 Å². The normalized spacial score (nSPS) is 12.2. The van der Waals surface area contributed by atoms with E-state index in [4.69, 9.17) is 23.2 Å². The Balaban J connectivity index is 2.26. The molecule has 0 aliphatic rings. The fourth-order valence-electron chi connectivity index (χ4n) is 2.12. The fraction of sp³-hybridized carbons (Fsp3) is 0. The lowest BCUT2D eigenvalue weighted by molar-refractivity contribution is 0.627. The first-order valence-corrected chi connectivity index (χ1v) is 7.28. The number of hydrogen-bond donors (Lipinski definition) is 0. The highest BCUT2D eigenvalue weighted by Gasteiger charge is 2.17. The van der Waals surface area contributed by atoms with Crippen molar-refractivity contribution in [1.82, 2.24) is 14.8 Å². The minimum Gasteiger partial charge on any atom is -0.223 e. The van der Waals surface area contributed by atoms with Gasteiger partial charge in [-0.1, -0.05) is 41.4 Å². The molecule has 2 aromatic carbocycles. The molecule has 0 fully saturated rings. The van der Waals surface area contributed by atoms with Crippen LogP contribution in [0.15, 0.2) is 55.1 Å². The van der Waals surface area contributed by atoms with E-state index < -0.39 is 11.8 Å². The van der Waals surface area contributed by atoms with E-state index in [2.05, 4.69) is 10.1 Å². The Bertz CT molecular complexity index is 860. The van der Waals surface area contributed by atoms with Gasteiger partial charge in [0.1, 0.15) is 18.5 Å². The van der Waals surface area contributed by atoms with E-state index in [-0.39, 0.29) is 10.6 Å². The van der Waals surface area contributed by atoms with Gasteiger partial charge in [0.2, 0.25) is 5.95 Å². The third-order valence-corrected chi connectivity index (χ3v) is 3.71. The van der Waals surface area contributed by atoms with Gasteiger partial charge in [-0.05, 0) is 29.8 Å². The smallest absolute Gasteiger partial charge is 0.223 e. The number of benzene rings is 2. The van der Waals surface area contributed by atoms with Gasteiger partial charge >= 0.3 is 0 Å². The van der Waals surface area contributed by atoms with Gasteiger partial charge in [-0.15, -0.1) is 0 Å². The van der Waals surface area contributed by atoms with Crippen molar-refractivity contribution in [3.63, 3.8) is 0 Å². The number of halogens is 4. The van der Waals surface area contributed by atoms with Crippen LogP contribution in [-0.4, -0.2) is 14.8 Å². The number of nitrogens with zero attached hydrogens (tertiary/aromatic N) is 3. The van der Waals surface area contributed by atoms with Crippen molar-refractivity contribution >= 4 is 34.7 Å². The van der Waals surface area contributed by atoms with E-state index in [9.17, 15) is 8.78 Å². The van der Waals surface area contributed by atoms with Crippen LogP contribution in [-0.2, 0) is 0 Å². The fourth-order valence-corrected chi connectivity index (χ4v) is 2.62. The zero-order chi connectivity index (χ0) is 16.4. The lowest BCUT2D eigenvalue weighted by Crippen LogP contribution is -2.00. The first kappa shape index (κ1) is 15.6. The SMILES string of the molecule is FC(=C(c1ccc(F)cc1)c1ccc(Cl)cc1Cl)n1cncn1. The van der Waals surface area contributed by atoms with Crippen molar-refractivity contribution in [2.45, 2.75) is 0 Å². The second-order valence-corrected chi connectivity index (χ2v) is 5.48. The molecule has 23 heavy (non-hydrogen) atoms. The van der Waals surface area contributed by atoms with Crippen molar-refractivity contribution in [2.75, 3.05) is 0 Å². The predicted octanol–water partition coefficient (Wildman–Crippen LogP) is 5.07. The van der Waals surface area contributed by atoms with Crippen LogP contribution in [0.25, 0.3) is 11.5 Å². The van der Waals surface area contributed by atoms with Crippen LogP contribution < -0.4 is 0 Å². The van der Waals surface area contributed by atoms with E-state index >= 15 is 0 Å². The van der Waals surface area contributed by atoms with E-state index in [1.807, 2.05) is 0 Å². The van der Waals surface area contributed by atoms with Crippen molar-refractivity contribution in [3.8, 4) is 0 Å². The van der Waals surface area contributed by atoms with Gasteiger partial charge in [0.15, 0.2) is 0 Å². The summed E-state index contributed by atoms with van der Waals surface area (Å²) in [5, 5.41) is 4.48. The van der Waals surface area contributed by atoms with Crippen LogP contribution >= 0.6 is 23.2 Å². The highest BCUT2D eigenvalue weighted by Crippen LogP contribution is 2.35. The van der Waals surface area contributed by atoms with Gasteiger partial charge in [-0.2, -0.15) is 14.2 Å². The molecule has 116 valence electrons. The average molecular weight is 352 g/mol. The summed E-state index contributed by atoms with van der Waals surface area (Å²) in [7, 11) is 0. The van der Waals surface area contributed by atoms with Gasteiger partial charge in [-0.3, -0.25) is 0 Å². The quantitative estimate of drug-likeness (QED) is 0.659. The summed E-state index contributed by atoms with van der Waals surface area (Å²) < 4.78 is 29.1. The first-order chi connectivity index (χ1) is 11.1. The van der Waals surface area contributed by atoms with Crippen LogP contribution in [0.5, 0.6) is 0 Å². The van der Waals surface area contributed by atoms with E-state index in [0.717, 1.165) is 4.68 Å². The molecule has 0 bridgehead atoms. The van der Waals surface area contributed by atoms with Gasteiger partial charge in [0.05, 0.1) is 5.02 Å². The van der Waals surface area contributed by atoms with Crippen LogP contribution in [0.1, 0.15) is 11.1 Å². The monoisotopic (exact) mass is 351 g/mol. The molecule has 0 saturated carbocycles. The first-order valence-electron chi connectivity index (χ1n) is 6.52. The summed E-state index contributed by atoms with van der Waals surface area (Å²) in [5.41, 5.74) is 1.02. The molecule has 3 rings (SSSR count). The Labute approximate surface area is 140 Å². The van der Waals surface area contributed by atoms with Gasteiger partial charge in [0, 0.05) is 16.2 Å². The van der Waals surface area contributed by atoms with Gasteiger partial charge < -0.3 is 0 Å². The molecule has 0 spiro atoms. The molecule has 3 aromatic rings. The van der Waals surface area contributed by atoms with Crippen molar-refractivity contribution < 1.29 is 8.78 Å². The third-order valence-electron chi connectivity index (χ3n) is 3.16. The Kier molecular flexibility index (Phi) is 4.41. The summed E-state index contributed by atoms with van der Waals surface area (Å²) in [4.78, 5) is 3.73. The molecule has 0 N–H and O–H groups in total. The molecular formula is C16H9Cl2F2N3. The van der Waals surface area contributed by atoms with Crippen molar-refractivity contribution in [3.05, 3.63) is 82.1 Å². The molecule has 1 heterocycles. The average Bonchev–Trinajstić information content (AvgIpc) is 3.05. The Hall–Kier alpha value is -2.24. The minimum atomic E-state index is -0.682. The van der Waals surface area contributed by atoms with Crippen LogP contribution in [0, 0.1) is 5.82 Å². The Morgan fingerprint density at radius 2 is 1.78 bits per heavy atom. The highest BCUT2D eigenvalue weighted by atomic mass is 35.5. The summed E-state index contributed by atoms with van der Waals surface area (Å²) in [6, 6.07) is 10.1. The molecule has 0 aliphatic carbocycles. The summed E-state index contributed by atoms with van der Waals surface area (Å²) in [6.07, 6.45) is 2.44.